The largest absolute Gasteiger partial charge is 0.313 e. The summed E-state index contributed by atoms with van der Waals surface area (Å²) in [7, 11) is -3.98. The molecule has 1 unspecified atom stereocenters. The van der Waals surface area contributed by atoms with E-state index in [0.29, 0.717) is 0 Å². The number of hydrogen-bond donors (Lipinski definition) is 2. The molecule has 0 rings (SSSR count). The number of rotatable bonds is 2. The molecule has 1 atom stereocenters. The van der Waals surface area contributed by atoms with Crippen LogP contribution in [0.5, 0.6) is 0 Å². The smallest absolute Gasteiger partial charge is 0.280 e. The second kappa shape index (κ2) is 5.40. The molecule has 0 aromatic rings. The fourth-order valence-corrected chi connectivity index (χ4v) is 0.632. The Morgan fingerprint density at radius 1 is 1.60 bits per heavy atom. The van der Waals surface area contributed by atoms with Crippen LogP contribution in [0.25, 0.3) is 0 Å². The molecule has 0 fully saturated rings. The molecule has 4 nitrogen and oxygen atoms in total. The van der Waals surface area contributed by atoms with Crippen molar-refractivity contribution in [2.75, 3.05) is 0 Å². The van der Waals surface area contributed by atoms with E-state index in [-0.39, 0.29) is 6.42 Å². The maximum atomic E-state index is 9.99. The van der Waals surface area contributed by atoms with Crippen LogP contribution in [0.4, 0.5) is 0 Å². The molecule has 0 radical (unpaired) electrons. The van der Waals surface area contributed by atoms with Crippen molar-refractivity contribution < 1.29 is 13.0 Å². The van der Waals surface area contributed by atoms with E-state index in [4.69, 9.17) is 10.3 Å². The maximum absolute atomic E-state index is 9.99. The minimum atomic E-state index is -3.98. The van der Waals surface area contributed by atoms with Gasteiger partial charge in [-0.25, -0.2) is 0 Å². The highest BCUT2D eigenvalue weighted by Crippen LogP contribution is 1.93. The highest BCUT2D eigenvalue weighted by molar-refractivity contribution is 7.86. The Morgan fingerprint density at radius 2 is 1.90 bits per heavy atom. The third kappa shape index (κ3) is 5.74. The Bertz CT molecular complexity index is 164. The van der Waals surface area contributed by atoms with Crippen LogP contribution < -0.4 is 5.73 Å². The van der Waals surface area contributed by atoms with Gasteiger partial charge in [0.25, 0.3) is 10.1 Å². The summed E-state index contributed by atoms with van der Waals surface area (Å²) in [6.07, 6.45) is 0.235. The van der Waals surface area contributed by atoms with Crippen LogP contribution in [0.3, 0.4) is 0 Å². The summed E-state index contributed by atoms with van der Waals surface area (Å²) in [5.74, 6) is 0. The Labute approximate surface area is 61.5 Å². The van der Waals surface area contributed by atoms with E-state index in [9.17, 15) is 8.42 Å². The molecule has 0 aliphatic heterocycles. The Kier molecular flexibility index (Phi) is 6.64. The molecule has 3 N–H and O–H groups in total. The van der Waals surface area contributed by atoms with E-state index in [0.717, 1.165) is 0 Å². The molecule has 62 valence electrons. The van der Waals surface area contributed by atoms with Crippen molar-refractivity contribution in [2.45, 2.75) is 18.7 Å². The molecule has 0 spiro atoms. The first-order valence-electron chi connectivity index (χ1n) is 2.70. The molecule has 0 amide bonds. The standard InChI is InChI=1S/C3H9NO3S.C2H4/c1-2-3(4)8(5,6)7;1-2/h3H,2,4H2,1H3,(H,5,6,7);1-2H2. The topological polar surface area (TPSA) is 80.4 Å². The van der Waals surface area contributed by atoms with Crippen molar-refractivity contribution in [2.24, 2.45) is 5.73 Å². The summed E-state index contributed by atoms with van der Waals surface area (Å²) < 4.78 is 28.1. The number of nitrogens with two attached hydrogens (primary N) is 1. The minimum Gasteiger partial charge on any atom is -0.313 e. The summed E-state index contributed by atoms with van der Waals surface area (Å²) in [4.78, 5) is 0. The minimum absolute atomic E-state index is 0.235. The van der Waals surface area contributed by atoms with Crippen LogP contribution in [-0.4, -0.2) is 18.3 Å². The molecule has 0 heterocycles. The lowest BCUT2D eigenvalue weighted by atomic mass is 10.5. The van der Waals surface area contributed by atoms with Crippen molar-refractivity contribution in [1.82, 2.24) is 0 Å². The van der Waals surface area contributed by atoms with E-state index < -0.39 is 15.5 Å². The lowest BCUT2D eigenvalue weighted by molar-refractivity contribution is 0.466. The van der Waals surface area contributed by atoms with Crippen LogP contribution in [0.2, 0.25) is 0 Å². The van der Waals surface area contributed by atoms with Crippen LogP contribution in [0.1, 0.15) is 13.3 Å². The van der Waals surface area contributed by atoms with Gasteiger partial charge < -0.3 is 5.73 Å². The van der Waals surface area contributed by atoms with Crippen molar-refractivity contribution in [1.29, 1.82) is 0 Å². The molecule has 0 saturated heterocycles. The zero-order chi connectivity index (χ0) is 8.78. The Morgan fingerprint density at radius 3 is 1.90 bits per heavy atom. The second-order valence-electron chi connectivity index (χ2n) is 1.46. The highest BCUT2D eigenvalue weighted by atomic mass is 32.2. The van der Waals surface area contributed by atoms with Gasteiger partial charge in [-0.15, -0.1) is 13.2 Å². The average molecular weight is 167 g/mol. The van der Waals surface area contributed by atoms with E-state index >= 15 is 0 Å². The van der Waals surface area contributed by atoms with Gasteiger partial charge in [-0.05, 0) is 6.42 Å². The molecule has 0 aromatic heterocycles. The molecule has 0 aromatic carbocycles. The quantitative estimate of drug-likeness (QED) is 0.460. The lowest BCUT2D eigenvalue weighted by Crippen LogP contribution is -2.28. The first-order valence-corrected chi connectivity index (χ1v) is 4.20. The SMILES string of the molecule is C=C.CCC(N)S(=O)(=O)O. The zero-order valence-corrected chi connectivity index (χ0v) is 6.76. The highest BCUT2D eigenvalue weighted by Gasteiger charge is 2.13. The van der Waals surface area contributed by atoms with Gasteiger partial charge in [0.15, 0.2) is 0 Å². The van der Waals surface area contributed by atoms with Crippen LogP contribution in [0, 0.1) is 0 Å². The first kappa shape index (κ1) is 12.3. The molecular formula is C5H13NO3S. The van der Waals surface area contributed by atoms with Gasteiger partial charge in [-0.3, -0.25) is 4.55 Å². The average Bonchev–Trinajstić information content (AvgIpc) is 1.89. The van der Waals surface area contributed by atoms with Crippen molar-refractivity contribution in [3.05, 3.63) is 13.2 Å². The van der Waals surface area contributed by atoms with Gasteiger partial charge in [0.2, 0.25) is 0 Å². The van der Waals surface area contributed by atoms with Crippen LogP contribution >= 0.6 is 0 Å². The maximum Gasteiger partial charge on any atom is 0.280 e. The van der Waals surface area contributed by atoms with Crippen LogP contribution in [0.15, 0.2) is 13.2 Å². The van der Waals surface area contributed by atoms with E-state index in [1.807, 2.05) is 0 Å². The second-order valence-corrected chi connectivity index (χ2v) is 3.10. The van der Waals surface area contributed by atoms with Crippen molar-refractivity contribution >= 4 is 10.1 Å². The summed E-state index contributed by atoms with van der Waals surface area (Å²) in [5.41, 5.74) is 4.91. The summed E-state index contributed by atoms with van der Waals surface area (Å²) in [6.45, 7) is 7.58. The normalized spacial score (nSPS) is 13.1. The fourth-order valence-electron chi connectivity index (χ4n) is 0.211. The summed E-state index contributed by atoms with van der Waals surface area (Å²) in [6, 6.07) is 0. The molecule has 5 heteroatoms. The molecule has 10 heavy (non-hydrogen) atoms. The van der Waals surface area contributed by atoms with E-state index in [1.165, 1.54) is 0 Å². The van der Waals surface area contributed by atoms with Gasteiger partial charge in [-0.1, -0.05) is 6.92 Å². The van der Waals surface area contributed by atoms with Gasteiger partial charge in [0, 0.05) is 0 Å². The van der Waals surface area contributed by atoms with Gasteiger partial charge in [-0.2, -0.15) is 8.42 Å². The Balaban J connectivity index is 0. The van der Waals surface area contributed by atoms with Gasteiger partial charge in [0.1, 0.15) is 5.37 Å². The van der Waals surface area contributed by atoms with E-state index in [2.05, 4.69) is 13.2 Å². The summed E-state index contributed by atoms with van der Waals surface area (Å²) >= 11 is 0. The third-order valence-electron chi connectivity index (χ3n) is 0.785. The van der Waals surface area contributed by atoms with Gasteiger partial charge >= 0.3 is 0 Å². The predicted molar refractivity (Wildman–Crippen MR) is 41.1 cm³/mol. The van der Waals surface area contributed by atoms with E-state index in [1.54, 1.807) is 6.92 Å². The van der Waals surface area contributed by atoms with Gasteiger partial charge in [0.05, 0.1) is 0 Å². The summed E-state index contributed by atoms with van der Waals surface area (Å²) in [5, 5.41) is -1.12. The Hall–Kier alpha value is -0.390. The molecule has 0 bridgehead atoms. The van der Waals surface area contributed by atoms with Crippen molar-refractivity contribution in [3.8, 4) is 0 Å². The molecular weight excluding hydrogens is 154 g/mol. The van der Waals surface area contributed by atoms with Crippen LogP contribution in [-0.2, 0) is 10.1 Å². The lowest BCUT2D eigenvalue weighted by Gasteiger charge is -2.01. The van der Waals surface area contributed by atoms with Crippen molar-refractivity contribution in [3.63, 3.8) is 0 Å². The first-order chi connectivity index (χ1) is 4.48. The molecule has 0 saturated carbocycles. The molecule has 0 aliphatic rings. The zero-order valence-electron chi connectivity index (χ0n) is 5.95. The number of hydrogen-bond acceptors (Lipinski definition) is 3. The predicted octanol–water partition coefficient (Wildman–Crippen LogP) is 0.371. The fraction of sp³-hybridized carbons (Fsp3) is 0.600. The molecule has 0 aliphatic carbocycles. The monoisotopic (exact) mass is 167 g/mol. The third-order valence-corrected chi connectivity index (χ3v) is 1.88.